The number of carbonyl (C=O) groups excluding carboxylic acids is 1. The Morgan fingerprint density at radius 2 is 1.41 bits per heavy atom. The van der Waals surface area contributed by atoms with Crippen molar-refractivity contribution in [2.75, 3.05) is 26.9 Å². The highest BCUT2D eigenvalue weighted by Gasteiger charge is 2.73. The van der Waals surface area contributed by atoms with Gasteiger partial charge in [0.15, 0.2) is 22.9 Å². The molecule has 10 aliphatic rings. The summed E-state index contributed by atoms with van der Waals surface area (Å²) < 4.78 is 96.1. The molecule has 22 atom stereocenters. The Kier molecular flexibility index (Phi) is 18.2. The van der Waals surface area contributed by atoms with Crippen LogP contribution in [0.5, 0.6) is 5.75 Å². The van der Waals surface area contributed by atoms with Crippen LogP contribution >= 0.6 is 0 Å². The fraction of sp³-hybridized carbons (Fsp3) is 0.828. The number of carbonyl (C=O) groups is 1. The molecule has 82 heavy (non-hydrogen) atoms. The Labute approximate surface area is 491 Å². The summed E-state index contributed by atoms with van der Waals surface area (Å²) in [5.74, 6) is -0.501. The summed E-state index contributed by atoms with van der Waals surface area (Å²) in [6.07, 6.45) is 3.36. The number of ketones is 1. The monoisotopic (exact) mass is 1180 g/mol. The molecular weight excluding hydrogens is 1080 g/mol. The molecule has 0 saturated carbocycles. The number of fused-ring (bicyclic) bond motifs is 10. The Morgan fingerprint density at radius 3 is 2.16 bits per heavy atom. The third-order valence-corrected chi connectivity index (χ3v) is 30.6. The minimum Gasteiger partial charge on any atom is -0.497 e. The van der Waals surface area contributed by atoms with Gasteiger partial charge in [-0.15, -0.1) is 0 Å². The first-order valence-electron chi connectivity index (χ1n) is 31.6. The summed E-state index contributed by atoms with van der Waals surface area (Å²) in [5, 5.41) is 0.0506. The van der Waals surface area contributed by atoms with Crippen LogP contribution in [0, 0.1) is 11.8 Å². The molecule has 460 valence electrons. The summed E-state index contributed by atoms with van der Waals surface area (Å²) >= 11 is 0. The van der Waals surface area contributed by atoms with Crippen molar-refractivity contribution >= 4 is 22.4 Å². The van der Waals surface area contributed by atoms with Crippen molar-refractivity contribution in [3.63, 3.8) is 0 Å². The van der Waals surface area contributed by atoms with Crippen LogP contribution in [0.4, 0.5) is 0 Å². The molecule has 16 nitrogen and oxygen atoms in total. The highest BCUT2D eigenvalue weighted by atomic mass is 28.4. The van der Waals surface area contributed by atoms with Gasteiger partial charge < -0.3 is 71.4 Å². The van der Waals surface area contributed by atoms with Crippen molar-refractivity contribution in [3.05, 3.63) is 54.1 Å². The molecule has 0 radical (unpaired) electrons. The maximum absolute atomic E-state index is 15.0. The van der Waals surface area contributed by atoms with Crippen LogP contribution in [0.1, 0.15) is 150 Å². The SMILES string of the molecule is C=C1CC2CCCCO[C@@H]3[C@H]4OC56O[C@@H](c7ccc(OC)cc7)O[C@H]5CO[C@@H]6[C@@H]4O[C@H]4CC[C@H](CC(=O)C[C@@H]5[C@@H](N)[C@@H]6OC(CCO[Si](C)(C)C(C)(C)C)C(O[Si](C)(C)C(C)(C)C)C[C@@H]6O[C@H]5C[C@H]5OC(CCC1O2)C[C@@H](C)C5=C)O[C@H]34. The Hall–Kier alpha value is -1.96. The van der Waals surface area contributed by atoms with Crippen LogP contribution in [0.15, 0.2) is 48.6 Å². The third kappa shape index (κ3) is 12.4. The van der Waals surface area contributed by atoms with Crippen LogP contribution in [-0.2, 0) is 65.8 Å². The van der Waals surface area contributed by atoms with Crippen LogP contribution < -0.4 is 10.5 Å². The number of rotatable bonds is 8. The topological polar surface area (TPSA) is 172 Å². The lowest BCUT2D eigenvalue weighted by molar-refractivity contribution is -0.286. The van der Waals surface area contributed by atoms with Gasteiger partial charge in [0, 0.05) is 56.4 Å². The molecule has 0 amide bonds. The lowest BCUT2D eigenvalue weighted by Gasteiger charge is -2.53. The van der Waals surface area contributed by atoms with E-state index in [4.69, 9.17) is 71.4 Å². The standard InChI is InChI=1S/C64H101NO15Si2/c1-36-29-43-22-24-46-37(2)30-42(71-46)17-15-16-27-68-57-56-48(76-59-58(57)78-64-53(35-69-60(59)64)77-61(79-64)39-18-20-41(67-10)21-19-39)25-23-44(73-56)31-40(66)32-45-50(33-49(72-43)38(36)3)74-52-34-51(80-82(13,14)63(7,8)9)47(75-55(52)54(45)65)26-28-70-81(11,12)62(4,5)6/h18-21,36,42-61H,2-3,15-17,22-35,65H2,1,4-14H3/t36-,42?,43?,44-,45+,46?,47?,48+,49-,50+,51?,52+,53+,54-,55-,56+,57+,58-,59-,60-,61+,64?/m1/s1. The van der Waals surface area contributed by atoms with Gasteiger partial charge in [-0.1, -0.05) is 73.8 Å². The molecule has 11 rings (SSSR count). The van der Waals surface area contributed by atoms with Gasteiger partial charge in [0.2, 0.25) is 5.79 Å². The quantitative estimate of drug-likeness (QED) is 0.192. The second kappa shape index (κ2) is 24.2. The van der Waals surface area contributed by atoms with Gasteiger partial charge in [-0.05, 0) is 130 Å². The average molecular weight is 1180 g/mol. The lowest BCUT2D eigenvalue weighted by Crippen LogP contribution is -2.65. The maximum atomic E-state index is 15.0. The summed E-state index contributed by atoms with van der Waals surface area (Å²) in [6.45, 7) is 35.7. The van der Waals surface area contributed by atoms with Crippen LogP contribution in [0.2, 0.25) is 36.3 Å². The zero-order valence-corrected chi connectivity index (χ0v) is 53.6. The lowest BCUT2D eigenvalue weighted by atomic mass is 9.75. The largest absolute Gasteiger partial charge is 0.497 e. The van der Waals surface area contributed by atoms with Crippen molar-refractivity contribution in [1.29, 1.82) is 0 Å². The Balaban J connectivity index is 0.856. The van der Waals surface area contributed by atoms with Gasteiger partial charge in [-0.2, -0.15) is 0 Å². The minimum absolute atomic E-state index is 0.0157. The highest BCUT2D eigenvalue weighted by Crippen LogP contribution is 2.56. The fourth-order valence-corrected chi connectivity index (χ4v) is 16.9. The minimum atomic E-state index is -2.27. The van der Waals surface area contributed by atoms with Crippen molar-refractivity contribution in [3.8, 4) is 5.75 Å². The van der Waals surface area contributed by atoms with Gasteiger partial charge in [-0.25, -0.2) is 0 Å². The van der Waals surface area contributed by atoms with E-state index in [1.165, 1.54) is 0 Å². The van der Waals surface area contributed by atoms with Crippen LogP contribution in [0.25, 0.3) is 0 Å². The van der Waals surface area contributed by atoms with E-state index in [-0.39, 0.29) is 95.5 Å². The van der Waals surface area contributed by atoms with Gasteiger partial charge >= 0.3 is 0 Å². The van der Waals surface area contributed by atoms with E-state index >= 15 is 4.79 Å². The summed E-state index contributed by atoms with van der Waals surface area (Å²) in [7, 11) is -2.67. The molecule has 18 heteroatoms. The predicted octanol–water partition coefficient (Wildman–Crippen LogP) is 10.7. The van der Waals surface area contributed by atoms with E-state index in [0.29, 0.717) is 51.9 Å². The fourth-order valence-electron chi connectivity index (χ4n) is 14.5. The van der Waals surface area contributed by atoms with E-state index in [9.17, 15) is 0 Å². The van der Waals surface area contributed by atoms with Gasteiger partial charge in [-0.3, -0.25) is 4.79 Å². The smallest absolute Gasteiger partial charge is 0.230 e. The second-order valence-electron chi connectivity index (χ2n) is 29.1. The highest BCUT2D eigenvalue weighted by molar-refractivity contribution is 6.74. The number of hydrogen-bond acceptors (Lipinski definition) is 16. The van der Waals surface area contributed by atoms with Gasteiger partial charge in [0.25, 0.3) is 0 Å². The molecule has 1 aromatic rings. The normalized spacial score (nSPS) is 43.3. The summed E-state index contributed by atoms with van der Waals surface area (Å²) in [5.41, 5.74) is 10.7. The first-order chi connectivity index (χ1) is 38.8. The van der Waals surface area contributed by atoms with E-state index in [1.54, 1.807) is 7.11 Å². The van der Waals surface area contributed by atoms with E-state index in [2.05, 4.69) is 87.8 Å². The molecule has 6 bridgehead atoms. The molecule has 10 fully saturated rings. The van der Waals surface area contributed by atoms with E-state index in [1.807, 2.05) is 24.3 Å². The van der Waals surface area contributed by atoms with Gasteiger partial charge in [0.05, 0.1) is 80.9 Å². The average Bonchev–Trinajstić information content (AvgIpc) is 2.64. The zero-order valence-electron chi connectivity index (χ0n) is 51.6. The first kappa shape index (κ1) is 61.7. The Bertz CT molecular complexity index is 2410. The Morgan fingerprint density at radius 1 is 0.683 bits per heavy atom. The molecule has 10 saturated heterocycles. The predicted molar refractivity (Wildman–Crippen MR) is 315 cm³/mol. The van der Waals surface area contributed by atoms with Crippen LogP contribution in [0.3, 0.4) is 0 Å². The summed E-state index contributed by atoms with van der Waals surface area (Å²) in [6, 6.07) is 7.20. The van der Waals surface area contributed by atoms with Crippen molar-refractivity contribution in [1.82, 2.24) is 0 Å². The van der Waals surface area contributed by atoms with Crippen molar-refractivity contribution in [2.45, 2.75) is 297 Å². The number of Topliss-reactive ketones (excluding diaryl/α,β-unsaturated/α-hetero) is 1. The first-order valence-corrected chi connectivity index (χ1v) is 37.4. The maximum Gasteiger partial charge on any atom is 0.230 e. The molecule has 0 aliphatic carbocycles. The molecule has 0 aromatic heterocycles. The number of methoxy groups -OCH3 is 1. The molecule has 10 aliphatic heterocycles. The number of ether oxygens (including phenoxy) is 12. The number of benzene rings is 1. The molecule has 1 aromatic carbocycles. The van der Waals surface area contributed by atoms with Gasteiger partial charge in [0.1, 0.15) is 48.2 Å². The number of nitrogens with two attached hydrogens (primary N) is 1. The molecule has 10 heterocycles. The second-order valence-corrected chi connectivity index (χ2v) is 38.7. The molecule has 1 spiro atoms. The van der Waals surface area contributed by atoms with E-state index < -0.39 is 83.6 Å². The summed E-state index contributed by atoms with van der Waals surface area (Å²) in [4.78, 5) is 15.0. The zero-order chi connectivity index (χ0) is 58.3. The number of hydrogen-bond donors (Lipinski definition) is 1. The third-order valence-electron chi connectivity index (χ3n) is 21.5. The van der Waals surface area contributed by atoms with Crippen molar-refractivity contribution in [2.24, 2.45) is 17.6 Å². The molecule has 6 unspecified atom stereocenters. The van der Waals surface area contributed by atoms with E-state index in [0.717, 1.165) is 67.4 Å². The molecule has 2 N–H and O–H groups in total. The molecular formula is C64H101NO15Si2. The van der Waals surface area contributed by atoms with Crippen LogP contribution in [-0.4, -0.2) is 165 Å². The van der Waals surface area contributed by atoms with Crippen molar-refractivity contribution < 1.29 is 70.5 Å².